The number of hydrogen-bond acceptors (Lipinski definition) is 4. The molecule has 0 spiro atoms. The van der Waals surface area contributed by atoms with E-state index in [0.717, 1.165) is 25.4 Å². The highest BCUT2D eigenvalue weighted by Crippen LogP contribution is 2.19. The Kier molecular flexibility index (Phi) is 4.51. The van der Waals surface area contributed by atoms with Crippen LogP contribution in [0.3, 0.4) is 0 Å². The summed E-state index contributed by atoms with van der Waals surface area (Å²) in [7, 11) is 0. The molecule has 0 bridgehead atoms. The minimum absolute atomic E-state index is 0.175. The van der Waals surface area contributed by atoms with Crippen molar-refractivity contribution >= 4 is 11.8 Å². The summed E-state index contributed by atoms with van der Waals surface area (Å²) in [6, 6.07) is 8.14. The van der Waals surface area contributed by atoms with Gasteiger partial charge >= 0.3 is 0 Å². The highest BCUT2D eigenvalue weighted by atomic mass is 32.2. The van der Waals surface area contributed by atoms with E-state index in [2.05, 4.69) is 23.7 Å². The fourth-order valence-corrected chi connectivity index (χ4v) is 2.00. The van der Waals surface area contributed by atoms with Crippen molar-refractivity contribution in [3.63, 3.8) is 0 Å². The van der Waals surface area contributed by atoms with Gasteiger partial charge in [0.15, 0.2) is 0 Å². The van der Waals surface area contributed by atoms with Crippen LogP contribution in [0.2, 0.25) is 0 Å². The van der Waals surface area contributed by atoms with Gasteiger partial charge < -0.3 is 14.8 Å². The van der Waals surface area contributed by atoms with Gasteiger partial charge in [-0.3, -0.25) is 0 Å². The molecule has 0 radical (unpaired) electrons. The monoisotopic (exact) mass is 239 g/mol. The Bertz CT molecular complexity index is 309. The third-order valence-corrected chi connectivity index (χ3v) is 3.24. The van der Waals surface area contributed by atoms with Gasteiger partial charge in [0.2, 0.25) is 0 Å². The van der Waals surface area contributed by atoms with Crippen LogP contribution < -0.4 is 10.1 Å². The van der Waals surface area contributed by atoms with Gasteiger partial charge in [-0.15, -0.1) is 11.8 Å². The largest absolute Gasteiger partial charge is 0.491 e. The zero-order chi connectivity index (χ0) is 11.2. The number of rotatable bonds is 4. The Hall–Kier alpha value is -0.710. The summed E-state index contributed by atoms with van der Waals surface area (Å²) in [6.07, 6.45) is 2.24. The van der Waals surface area contributed by atoms with E-state index < -0.39 is 0 Å². The molecule has 2 rings (SSSR count). The summed E-state index contributed by atoms with van der Waals surface area (Å²) in [6.45, 7) is 3.22. The first-order valence-corrected chi connectivity index (χ1v) is 6.70. The van der Waals surface area contributed by atoms with E-state index in [1.54, 1.807) is 11.8 Å². The van der Waals surface area contributed by atoms with Crippen molar-refractivity contribution in [1.29, 1.82) is 0 Å². The predicted molar refractivity (Wildman–Crippen MR) is 66.3 cm³/mol. The number of hydrogen-bond donors (Lipinski definition) is 1. The van der Waals surface area contributed by atoms with Gasteiger partial charge in [0.1, 0.15) is 18.5 Å². The van der Waals surface area contributed by atoms with Gasteiger partial charge in [0, 0.05) is 18.0 Å². The highest BCUT2D eigenvalue weighted by Gasteiger charge is 2.13. The molecule has 1 atom stereocenters. The van der Waals surface area contributed by atoms with E-state index in [9.17, 15) is 0 Å². The molecule has 1 aliphatic heterocycles. The molecule has 4 heteroatoms. The highest BCUT2D eigenvalue weighted by molar-refractivity contribution is 7.98. The normalized spacial score (nSPS) is 20.7. The maximum absolute atomic E-state index is 5.67. The van der Waals surface area contributed by atoms with Crippen molar-refractivity contribution in [3.8, 4) is 5.75 Å². The Morgan fingerprint density at radius 2 is 2.25 bits per heavy atom. The number of morpholine rings is 1. The number of nitrogens with one attached hydrogen (secondary N) is 1. The molecule has 0 aromatic heterocycles. The maximum atomic E-state index is 5.67. The first-order valence-electron chi connectivity index (χ1n) is 5.47. The predicted octanol–water partition coefficient (Wildman–Crippen LogP) is 1.78. The summed E-state index contributed by atoms with van der Waals surface area (Å²) < 4.78 is 11.2. The SMILES string of the molecule is CSc1ccc(OCC2CNCCO2)cc1. The zero-order valence-electron chi connectivity index (χ0n) is 9.44. The van der Waals surface area contributed by atoms with Crippen molar-refractivity contribution in [2.45, 2.75) is 11.0 Å². The summed E-state index contributed by atoms with van der Waals surface area (Å²) in [5, 5.41) is 3.28. The Labute approximate surface area is 101 Å². The Morgan fingerprint density at radius 3 is 2.88 bits per heavy atom. The fraction of sp³-hybridized carbons (Fsp3) is 0.500. The van der Waals surface area contributed by atoms with Gasteiger partial charge in [0.25, 0.3) is 0 Å². The van der Waals surface area contributed by atoms with Crippen molar-refractivity contribution in [2.75, 3.05) is 32.6 Å². The smallest absolute Gasteiger partial charge is 0.119 e. The molecule has 1 saturated heterocycles. The molecular weight excluding hydrogens is 222 g/mol. The Balaban J connectivity index is 1.79. The number of thioether (sulfide) groups is 1. The van der Waals surface area contributed by atoms with Crippen LogP contribution in [-0.2, 0) is 4.74 Å². The van der Waals surface area contributed by atoms with E-state index >= 15 is 0 Å². The molecule has 3 nitrogen and oxygen atoms in total. The summed E-state index contributed by atoms with van der Waals surface area (Å²) in [5.74, 6) is 0.909. The van der Waals surface area contributed by atoms with Gasteiger partial charge in [0.05, 0.1) is 6.61 Å². The van der Waals surface area contributed by atoms with Crippen molar-refractivity contribution in [1.82, 2.24) is 5.32 Å². The standard InChI is InChI=1S/C12H17NO2S/c1-16-12-4-2-10(3-5-12)15-9-11-8-13-6-7-14-11/h2-5,11,13H,6-9H2,1H3. The lowest BCUT2D eigenvalue weighted by molar-refractivity contribution is 0.000186. The molecular formula is C12H17NO2S. The molecule has 88 valence electrons. The van der Waals surface area contributed by atoms with E-state index in [1.165, 1.54) is 4.90 Å². The molecule has 1 unspecified atom stereocenters. The molecule has 1 heterocycles. The third-order valence-electron chi connectivity index (χ3n) is 2.50. The average Bonchev–Trinajstić information content (AvgIpc) is 2.38. The lowest BCUT2D eigenvalue weighted by Crippen LogP contribution is -2.41. The second kappa shape index (κ2) is 6.13. The summed E-state index contributed by atoms with van der Waals surface area (Å²) in [4.78, 5) is 1.25. The lowest BCUT2D eigenvalue weighted by atomic mass is 10.3. The van der Waals surface area contributed by atoms with E-state index in [0.29, 0.717) is 6.61 Å². The van der Waals surface area contributed by atoms with Crippen LogP contribution in [0, 0.1) is 0 Å². The second-order valence-corrected chi connectivity index (χ2v) is 4.56. The molecule has 0 saturated carbocycles. The van der Waals surface area contributed by atoms with Crippen molar-refractivity contribution in [3.05, 3.63) is 24.3 Å². The zero-order valence-corrected chi connectivity index (χ0v) is 10.3. The topological polar surface area (TPSA) is 30.5 Å². The molecule has 1 N–H and O–H groups in total. The molecule has 0 amide bonds. The first kappa shape index (κ1) is 11.8. The Morgan fingerprint density at radius 1 is 1.44 bits per heavy atom. The average molecular weight is 239 g/mol. The van der Waals surface area contributed by atoms with Gasteiger partial charge in [-0.25, -0.2) is 0 Å². The van der Waals surface area contributed by atoms with E-state index in [4.69, 9.17) is 9.47 Å². The van der Waals surface area contributed by atoms with Gasteiger partial charge in [-0.1, -0.05) is 0 Å². The van der Waals surface area contributed by atoms with Crippen LogP contribution >= 0.6 is 11.8 Å². The van der Waals surface area contributed by atoms with Crippen LogP contribution in [0.5, 0.6) is 5.75 Å². The van der Waals surface area contributed by atoms with Crippen LogP contribution in [0.4, 0.5) is 0 Å². The third kappa shape index (κ3) is 3.40. The van der Waals surface area contributed by atoms with E-state index in [1.807, 2.05) is 12.1 Å². The fourth-order valence-electron chi connectivity index (χ4n) is 1.59. The molecule has 1 aromatic carbocycles. The number of benzene rings is 1. The molecule has 1 fully saturated rings. The first-order chi connectivity index (χ1) is 7.88. The quantitative estimate of drug-likeness (QED) is 0.811. The molecule has 1 aromatic rings. The number of ether oxygens (including phenoxy) is 2. The lowest BCUT2D eigenvalue weighted by Gasteiger charge is -2.23. The van der Waals surface area contributed by atoms with E-state index in [-0.39, 0.29) is 6.10 Å². The minimum Gasteiger partial charge on any atom is -0.491 e. The van der Waals surface area contributed by atoms with Crippen molar-refractivity contribution < 1.29 is 9.47 Å². The van der Waals surface area contributed by atoms with Gasteiger partial charge in [-0.2, -0.15) is 0 Å². The van der Waals surface area contributed by atoms with Crippen molar-refractivity contribution in [2.24, 2.45) is 0 Å². The van der Waals surface area contributed by atoms with Gasteiger partial charge in [-0.05, 0) is 30.5 Å². The minimum atomic E-state index is 0.175. The molecule has 0 aliphatic carbocycles. The van der Waals surface area contributed by atoms with Crippen LogP contribution in [0.25, 0.3) is 0 Å². The van der Waals surface area contributed by atoms with Crippen LogP contribution in [-0.4, -0.2) is 38.7 Å². The van der Waals surface area contributed by atoms with Crippen LogP contribution in [0.15, 0.2) is 29.2 Å². The molecule has 16 heavy (non-hydrogen) atoms. The molecule has 1 aliphatic rings. The summed E-state index contributed by atoms with van der Waals surface area (Å²) in [5.41, 5.74) is 0. The van der Waals surface area contributed by atoms with Crippen LogP contribution in [0.1, 0.15) is 0 Å². The maximum Gasteiger partial charge on any atom is 0.119 e. The second-order valence-electron chi connectivity index (χ2n) is 3.68. The summed E-state index contributed by atoms with van der Waals surface area (Å²) >= 11 is 1.73.